The first kappa shape index (κ1) is 15.5. The Morgan fingerprint density at radius 1 is 1.36 bits per heavy atom. The molecule has 0 saturated carbocycles. The lowest BCUT2D eigenvalue weighted by atomic mass is 10.3. The number of anilines is 2. The van der Waals surface area contributed by atoms with E-state index in [2.05, 4.69) is 31.0 Å². The molecule has 3 N–H and O–H groups in total. The van der Waals surface area contributed by atoms with Crippen LogP contribution in [-0.2, 0) is 16.1 Å². The smallest absolute Gasteiger partial charge is 0.412 e. The summed E-state index contributed by atoms with van der Waals surface area (Å²) in [5.41, 5.74) is 2.11. The summed E-state index contributed by atoms with van der Waals surface area (Å²) in [6, 6.07) is 0. The van der Waals surface area contributed by atoms with Gasteiger partial charge < -0.3 is 10.1 Å². The topological polar surface area (TPSA) is 127 Å². The molecular formula is C12H17N7O3. The molecule has 0 aliphatic carbocycles. The lowest BCUT2D eigenvalue weighted by Gasteiger charge is -2.04. The molecule has 0 spiro atoms. The van der Waals surface area contributed by atoms with Crippen molar-refractivity contribution >= 4 is 23.5 Å². The lowest BCUT2D eigenvalue weighted by molar-refractivity contribution is -0.117. The Morgan fingerprint density at radius 2 is 2.14 bits per heavy atom. The van der Waals surface area contributed by atoms with Crippen LogP contribution >= 0.6 is 0 Å². The van der Waals surface area contributed by atoms with E-state index < -0.39 is 6.09 Å². The molecule has 2 rings (SSSR count). The standard InChI is InChI=1S/C12H17N7O3/c1-4-22-12(21)14-9-5-13-19(18-9)6-10(20)15-11-7(2)16-17-8(11)3/h5H,4,6H2,1-3H3,(H,15,20)(H,16,17)(H,14,18,21). The number of aryl methyl sites for hydroxylation is 2. The number of aromatic amines is 1. The van der Waals surface area contributed by atoms with Crippen molar-refractivity contribution in [1.29, 1.82) is 0 Å². The fourth-order valence-electron chi connectivity index (χ4n) is 1.74. The third-order valence-electron chi connectivity index (χ3n) is 2.72. The second-order valence-electron chi connectivity index (χ2n) is 4.46. The van der Waals surface area contributed by atoms with Crippen LogP contribution in [0.2, 0.25) is 0 Å². The van der Waals surface area contributed by atoms with Crippen LogP contribution in [0.3, 0.4) is 0 Å². The highest BCUT2D eigenvalue weighted by molar-refractivity contribution is 5.91. The number of rotatable bonds is 5. The van der Waals surface area contributed by atoms with Gasteiger partial charge in [0.15, 0.2) is 5.82 Å². The molecule has 0 saturated heterocycles. The fourth-order valence-corrected chi connectivity index (χ4v) is 1.74. The molecule has 2 amide bonds. The van der Waals surface area contributed by atoms with Gasteiger partial charge in [0.25, 0.3) is 0 Å². The van der Waals surface area contributed by atoms with Crippen LogP contribution in [0.25, 0.3) is 0 Å². The van der Waals surface area contributed by atoms with Crippen molar-refractivity contribution < 1.29 is 14.3 Å². The zero-order valence-corrected chi connectivity index (χ0v) is 12.5. The van der Waals surface area contributed by atoms with E-state index >= 15 is 0 Å². The number of nitrogens with one attached hydrogen (secondary N) is 3. The summed E-state index contributed by atoms with van der Waals surface area (Å²) in [5.74, 6) is -0.0900. The van der Waals surface area contributed by atoms with Crippen LogP contribution in [0.1, 0.15) is 18.3 Å². The molecule has 2 aromatic rings. The number of nitrogens with zero attached hydrogens (tertiary/aromatic N) is 4. The Bertz CT molecular complexity index is 657. The summed E-state index contributed by atoms with van der Waals surface area (Å²) in [7, 11) is 0. The zero-order chi connectivity index (χ0) is 16.1. The second-order valence-corrected chi connectivity index (χ2v) is 4.46. The SMILES string of the molecule is CCOC(=O)Nc1cnn(CC(=O)Nc2c(C)n[nH]c2C)n1. The highest BCUT2D eigenvalue weighted by Gasteiger charge is 2.12. The summed E-state index contributed by atoms with van der Waals surface area (Å²) in [5, 5.41) is 19.8. The summed E-state index contributed by atoms with van der Waals surface area (Å²) < 4.78 is 4.72. The van der Waals surface area contributed by atoms with Crippen molar-refractivity contribution in [2.75, 3.05) is 17.2 Å². The molecule has 0 aliphatic heterocycles. The van der Waals surface area contributed by atoms with Gasteiger partial charge in [-0.15, -0.1) is 5.10 Å². The molecule has 2 aromatic heterocycles. The molecule has 0 fully saturated rings. The van der Waals surface area contributed by atoms with Crippen molar-refractivity contribution in [3.63, 3.8) is 0 Å². The molecular weight excluding hydrogens is 290 g/mol. The van der Waals surface area contributed by atoms with Gasteiger partial charge in [-0.1, -0.05) is 0 Å². The molecule has 0 bridgehead atoms. The van der Waals surface area contributed by atoms with E-state index in [4.69, 9.17) is 4.74 Å². The predicted octanol–water partition coefficient (Wildman–Crippen LogP) is 0.825. The highest BCUT2D eigenvalue weighted by atomic mass is 16.5. The summed E-state index contributed by atoms with van der Waals surface area (Å²) in [4.78, 5) is 24.4. The molecule has 0 radical (unpaired) electrons. The minimum absolute atomic E-state index is 0.0887. The first-order chi connectivity index (χ1) is 10.5. The normalized spacial score (nSPS) is 10.3. The molecule has 0 unspecified atom stereocenters. The van der Waals surface area contributed by atoms with E-state index in [1.54, 1.807) is 13.8 Å². The van der Waals surface area contributed by atoms with E-state index in [1.165, 1.54) is 11.0 Å². The third-order valence-corrected chi connectivity index (χ3v) is 2.72. The predicted molar refractivity (Wildman–Crippen MR) is 77.4 cm³/mol. The van der Waals surface area contributed by atoms with Gasteiger partial charge in [-0.05, 0) is 20.8 Å². The van der Waals surface area contributed by atoms with E-state index in [0.717, 1.165) is 5.69 Å². The maximum atomic E-state index is 12.0. The van der Waals surface area contributed by atoms with Crippen LogP contribution in [0.15, 0.2) is 6.20 Å². The number of carbonyl (C=O) groups is 2. The van der Waals surface area contributed by atoms with E-state index in [0.29, 0.717) is 11.4 Å². The second kappa shape index (κ2) is 6.70. The summed E-state index contributed by atoms with van der Waals surface area (Å²) in [6.45, 7) is 5.46. The number of aromatic nitrogens is 5. The zero-order valence-electron chi connectivity index (χ0n) is 12.5. The number of amides is 2. The number of H-pyrrole nitrogens is 1. The number of carbonyl (C=O) groups excluding carboxylic acids is 2. The minimum Gasteiger partial charge on any atom is -0.450 e. The fraction of sp³-hybridized carbons (Fsp3) is 0.417. The molecule has 22 heavy (non-hydrogen) atoms. The molecule has 118 valence electrons. The maximum Gasteiger partial charge on any atom is 0.412 e. The minimum atomic E-state index is -0.622. The van der Waals surface area contributed by atoms with E-state index in [-0.39, 0.29) is 24.9 Å². The molecule has 10 heteroatoms. The van der Waals surface area contributed by atoms with Gasteiger partial charge in [0, 0.05) is 0 Å². The van der Waals surface area contributed by atoms with Crippen LogP contribution < -0.4 is 10.6 Å². The van der Waals surface area contributed by atoms with Gasteiger partial charge in [0.2, 0.25) is 5.91 Å². The summed E-state index contributed by atoms with van der Waals surface area (Å²) >= 11 is 0. The number of hydrogen-bond acceptors (Lipinski definition) is 6. The molecule has 0 aromatic carbocycles. The van der Waals surface area contributed by atoms with Gasteiger partial charge in [-0.25, -0.2) is 4.79 Å². The first-order valence-corrected chi connectivity index (χ1v) is 6.65. The molecule has 2 heterocycles. The Hall–Kier alpha value is -2.91. The van der Waals surface area contributed by atoms with Gasteiger partial charge in [-0.3, -0.25) is 15.2 Å². The quantitative estimate of drug-likeness (QED) is 0.750. The molecule has 0 aliphatic rings. The van der Waals surface area contributed by atoms with Crippen molar-refractivity contribution in [3.05, 3.63) is 17.6 Å². The van der Waals surface area contributed by atoms with E-state index in [9.17, 15) is 9.59 Å². The Labute approximate surface area is 126 Å². The Balaban J connectivity index is 1.92. The Kier molecular flexibility index (Phi) is 4.71. The lowest BCUT2D eigenvalue weighted by Crippen LogP contribution is -2.21. The largest absolute Gasteiger partial charge is 0.450 e. The average Bonchev–Trinajstić information content (AvgIpc) is 3.00. The summed E-state index contributed by atoms with van der Waals surface area (Å²) in [6.07, 6.45) is 0.710. The van der Waals surface area contributed by atoms with Crippen LogP contribution in [0.4, 0.5) is 16.3 Å². The average molecular weight is 307 g/mol. The van der Waals surface area contributed by atoms with Gasteiger partial charge in [-0.2, -0.15) is 15.0 Å². The number of hydrogen-bond donors (Lipinski definition) is 3. The van der Waals surface area contributed by atoms with Crippen LogP contribution in [0, 0.1) is 13.8 Å². The number of ether oxygens (including phenoxy) is 1. The van der Waals surface area contributed by atoms with Crippen molar-refractivity contribution in [1.82, 2.24) is 25.2 Å². The van der Waals surface area contributed by atoms with Crippen molar-refractivity contribution in [2.45, 2.75) is 27.3 Å². The van der Waals surface area contributed by atoms with Gasteiger partial charge in [0.1, 0.15) is 6.54 Å². The van der Waals surface area contributed by atoms with Crippen LogP contribution in [-0.4, -0.2) is 43.8 Å². The van der Waals surface area contributed by atoms with E-state index in [1.807, 2.05) is 6.92 Å². The highest BCUT2D eigenvalue weighted by Crippen LogP contribution is 2.15. The van der Waals surface area contributed by atoms with Gasteiger partial charge in [0.05, 0.1) is 29.9 Å². The maximum absolute atomic E-state index is 12.0. The third kappa shape index (κ3) is 3.81. The Morgan fingerprint density at radius 3 is 2.77 bits per heavy atom. The van der Waals surface area contributed by atoms with Crippen molar-refractivity contribution in [3.8, 4) is 0 Å². The van der Waals surface area contributed by atoms with Gasteiger partial charge >= 0.3 is 6.09 Å². The monoisotopic (exact) mass is 307 g/mol. The first-order valence-electron chi connectivity index (χ1n) is 6.65. The molecule has 10 nitrogen and oxygen atoms in total. The van der Waals surface area contributed by atoms with Crippen molar-refractivity contribution in [2.24, 2.45) is 0 Å². The van der Waals surface area contributed by atoms with Crippen LogP contribution in [0.5, 0.6) is 0 Å². The molecule has 0 atom stereocenters.